The van der Waals surface area contributed by atoms with Gasteiger partial charge in [0.15, 0.2) is 0 Å². The number of nitrogens with one attached hydrogen (secondary N) is 1. The van der Waals surface area contributed by atoms with Gasteiger partial charge in [-0.2, -0.15) is 0 Å². The van der Waals surface area contributed by atoms with Gasteiger partial charge in [-0.3, -0.25) is 4.90 Å². The average molecular weight is 299 g/mol. The highest BCUT2D eigenvalue weighted by molar-refractivity contribution is 9.10. The molecular weight excluding hydrogens is 280 g/mol. The van der Waals surface area contributed by atoms with Gasteiger partial charge in [-0.1, -0.05) is 34.1 Å². The molecule has 3 nitrogen and oxygen atoms in total. The standard InChI is InChI=1S/C13H19BrN2O/c14-13-4-2-1-3-11(13)9-16-7-5-12(10-16)15-6-8-17/h1-4,12,15,17H,5-10H2. The van der Waals surface area contributed by atoms with Crippen molar-refractivity contribution in [1.29, 1.82) is 0 Å². The first kappa shape index (κ1) is 13.0. The Morgan fingerprint density at radius 2 is 2.24 bits per heavy atom. The number of rotatable bonds is 5. The van der Waals surface area contributed by atoms with Crippen LogP contribution in [-0.2, 0) is 6.54 Å². The monoisotopic (exact) mass is 298 g/mol. The topological polar surface area (TPSA) is 35.5 Å². The SMILES string of the molecule is OCCNC1CCN(Cc2ccccc2Br)C1. The smallest absolute Gasteiger partial charge is 0.0556 e. The Labute approximate surface area is 111 Å². The van der Waals surface area contributed by atoms with Gasteiger partial charge in [0.05, 0.1) is 6.61 Å². The Hall–Kier alpha value is -0.420. The van der Waals surface area contributed by atoms with Crippen molar-refractivity contribution in [1.82, 2.24) is 10.2 Å². The van der Waals surface area contributed by atoms with Crippen molar-refractivity contribution in [2.24, 2.45) is 0 Å². The quantitative estimate of drug-likeness (QED) is 0.867. The van der Waals surface area contributed by atoms with Crippen LogP contribution in [0.25, 0.3) is 0 Å². The van der Waals surface area contributed by atoms with E-state index in [4.69, 9.17) is 5.11 Å². The van der Waals surface area contributed by atoms with Crippen LogP contribution in [0.15, 0.2) is 28.7 Å². The fourth-order valence-electron chi connectivity index (χ4n) is 2.28. The van der Waals surface area contributed by atoms with E-state index < -0.39 is 0 Å². The molecule has 2 N–H and O–H groups in total. The molecule has 0 saturated carbocycles. The third kappa shape index (κ3) is 3.78. The van der Waals surface area contributed by atoms with Gasteiger partial charge in [0.1, 0.15) is 0 Å². The zero-order valence-electron chi connectivity index (χ0n) is 9.90. The molecule has 0 bridgehead atoms. The summed E-state index contributed by atoms with van der Waals surface area (Å²) in [6.07, 6.45) is 1.17. The number of likely N-dealkylation sites (tertiary alicyclic amines) is 1. The molecule has 1 fully saturated rings. The minimum atomic E-state index is 0.223. The molecule has 0 aliphatic carbocycles. The van der Waals surface area contributed by atoms with E-state index in [9.17, 15) is 0 Å². The van der Waals surface area contributed by atoms with Crippen LogP contribution in [0.4, 0.5) is 0 Å². The molecule has 1 aliphatic rings. The number of halogens is 1. The molecule has 1 aromatic carbocycles. The first-order chi connectivity index (χ1) is 8.29. The number of hydrogen-bond donors (Lipinski definition) is 2. The Morgan fingerprint density at radius 1 is 1.41 bits per heavy atom. The summed E-state index contributed by atoms with van der Waals surface area (Å²) in [5.41, 5.74) is 1.34. The molecule has 94 valence electrons. The largest absolute Gasteiger partial charge is 0.395 e. The number of benzene rings is 1. The Bertz CT molecular complexity index is 359. The van der Waals surface area contributed by atoms with Crippen LogP contribution >= 0.6 is 15.9 Å². The van der Waals surface area contributed by atoms with Crippen molar-refractivity contribution in [3.8, 4) is 0 Å². The zero-order chi connectivity index (χ0) is 12.1. The highest BCUT2D eigenvalue weighted by atomic mass is 79.9. The maximum absolute atomic E-state index is 8.78. The number of aliphatic hydroxyl groups is 1. The van der Waals surface area contributed by atoms with Crippen molar-refractivity contribution in [3.05, 3.63) is 34.3 Å². The summed E-state index contributed by atoms with van der Waals surface area (Å²) in [5.74, 6) is 0. The highest BCUT2D eigenvalue weighted by Gasteiger charge is 2.21. The minimum Gasteiger partial charge on any atom is -0.395 e. The summed E-state index contributed by atoms with van der Waals surface area (Å²) < 4.78 is 1.19. The summed E-state index contributed by atoms with van der Waals surface area (Å²) in [4.78, 5) is 2.45. The fraction of sp³-hybridized carbons (Fsp3) is 0.538. The van der Waals surface area contributed by atoms with Crippen molar-refractivity contribution < 1.29 is 5.11 Å². The van der Waals surface area contributed by atoms with E-state index in [-0.39, 0.29) is 6.61 Å². The first-order valence-corrected chi connectivity index (χ1v) is 6.89. The highest BCUT2D eigenvalue weighted by Crippen LogP contribution is 2.20. The van der Waals surface area contributed by atoms with Crippen LogP contribution in [-0.4, -0.2) is 42.3 Å². The molecule has 1 unspecified atom stereocenters. The van der Waals surface area contributed by atoms with Gasteiger partial charge in [-0.15, -0.1) is 0 Å². The number of aliphatic hydroxyl groups excluding tert-OH is 1. The molecule has 0 amide bonds. The predicted molar refractivity (Wildman–Crippen MR) is 72.9 cm³/mol. The van der Waals surface area contributed by atoms with Gasteiger partial charge in [0.25, 0.3) is 0 Å². The second kappa shape index (κ2) is 6.50. The molecule has 1 aliphatic heterocycles. The lowest BCUT2D eigenvalue weighted by Crippen LogP contribution is -2.34. The second-order valence-electron chi connectivity index (χ2n) is 4.49. The van der Waals surface area contributed by atoms with Crippen molar-refractivity contribution in [2.45, 2.75) is 19.0 Å². The van der Waals surface area contributed by atoms with Gasteiger partial charge in [-0.25, -0.2) is 0 Å². The molecular formula is C13H19BrN2O. The molecule has 17 heavy (non-hydrogen) atoms. The summed E-state index contributed by atoms with van der Waals surface area (Å²) in [7, 11) is 0. The summed E-state index contributed by atoms with van der Waals surface area (Å²) in [6.45, 7) is 4.12. The summed E-state index contributed by atoms with van der Waals surface area (Å²) >= 11 is 3.59. The second-order valence-corrected chi connectivity index (χ2v) is 5.34. The van der Waals surface area contributed by atoms with E-state index in [2.05, 4.69) is 44.3 Å². The van der Waals surface area contributed by atoms with Crippen LogP contribution < -0.4 is 5.32 Å². The van der Waals surface area contributed by atoms with Crippen molar-refractivity contribution in [3.63, 3.8) is 0 Å². The predicted octanol–water partition coefficient (Wildman–Crippen LogP) is 1.61. The van der Waals surface area contributed by atoms with E-state index in [1.165, 1.54) is 16.5 Å². The van der Waals surface area contributed by atoms with E-state index >= 15 is 0 Å². The third-order valence-electron chi connectivity index (χ3n) is 3.17. The normalized spacial score (nSPS) is 20.9. The van der Waals surface area contributed by atoms with Crippen LogP contribution in [0.5, 0.6) is 0 Å². The zero-order valence-corrected chi connectivity index (χ0v) is 11.5. The molecule has 1 heterocycles. The van der Waals surface area contributed by atoms with E-state index in [1.54, 1.807) is 0 Å². The third-order valence-corrected chi connectivity index (χ3v) is 3.94. The summed E-state index contributed by atoms with van der Waals surface area (Å²) in [6, 6.07) is 8.91. The molecule has 0 radical (unpaired) electrons. The Morgan fingerprint density at radius 3 is 3.00 bits per heavy atom. The average Bonchev–Trinajstić information content (AvgIpc) is 2.77. The Kier molecular flexibility index (Phi) is 4.98. The van der Waals surface area contributed by atoms with Crippen molar-refractivity contribution in [2.75, 3.05) is 26.2 Å². The van der Waals surface area contributed by atoms with Crippen LogP contribution in [0, 0.1) is 0 Å². The first-order valence-electron chi connectivity index (χ1n) is 6.09. The lowest BCUT2D eigenvalue weighted by molar-refractivity contribution is 0.278. The lowest BCUT2D eigenvalue weighted by atomic mass is 10.2. The number of nitrogens with zero attached hydrogens (tertiary/aromatic N) is 1. The van der Waals surface area contributed by atoms with Gasteiger partial charge < -0.3 is 10.4 Å². The summed E-state index contributed by atoms with van der Waals surface area (Å²) in [5, 5.41) is 12.1. The minimum absolute atomic E-state index is 0.223. The maximum Gasteiger partial charge on any atom is 0.0556 e. The van der Waals surface area contributed by atoms with Gasteiger partial charge >= 0.3 is 0 Å². The fourth-order valence-corrected chi connectivity index (χ4v) is 2.69. The van der Waals surface area contributed by atoms with Crippen LogP contribution in [0.3, 0.4) is 0 Å². The number of hydrogen-bond acceptors (Lipinski definition) is 3. The maximum atomic E-state index is 8.78. The molecule has 0 spiro atoms. The molecule has 1 saturated heterocycles. The lowest BCUT2D eigenvalue weighted by Gasteiger charge is -2.17. The molecule has 4 heteroatoms. The van der Waals surface area contributed by atoms with E-state index in [1.807, 2.05) is 6.07 Å². The van der Waals surface area contributed by atoms with Crippen LogP contribution in [0.2, 0.25) is 0 Å². The van der Waals surface area contributed by atoms with Crippen molar-refractivity contribution >= 4 is 15.9 Å². The van der Waals surface area contributed by atoms with Gasteiger partial charge in [0, 0.05) is 36.7 Å². The molecule has 1 atom stereocenters. The van der Waals surface area contributed by atoms with E-state index in [0.717, 1.165) is 19.6 Å². The Balaban J connectivity index is 1.83. The van der Waals surface area contributed by atoms with Gasteiger partial charge in [-0.05, 0) is 18.1 Å². The van der Waals surface area contributed by atoms with Gasteiger partial charge in [0.2, 0.25) is 0 Å². The molecule has 2 rings (SSSR count). The molecule has 1 aromatic rings. The molecule has 0 aromatic heterocycles. The van der Waals surface area contributed by atoms with E-state index in [0.29, 0.717) is 12.6 Å². The van der Waals surface area contributed by atoms with Crippen LogP contribution in [0.1, 0.15) is 12.0 Å².